The third kappa shape index (κ3) is 4.54. The van der Waals surface area contributed by atoms with E-state index in [1.807, 2.05) is 6.07 Å². The van der Waals surface area contributed by atoms with Crippen LogP contribution < -0.4 is 4.90 Å². The van der Waals surface area contributed by atoms with Gasteiger partial charge in [-0.15, -0.1) is 0 Å². The van der Waals surface area contributed by atoms with Gasteiger partial charge < -0.3 is 13.7 Å². The van der Waals surface area contributed by atoms with Crippen molar-refractivity contribution in [1.82, 2.24) is 0 Å². The lowest BCUT2D eigenvalue weighted by Gasteiger charge is -2.29. The lowest BCUT2D eigenvalue weighted by atomic mass is 9.96. The fourth-order valence-corrected chi connectivity index (χ4v) is 8.32. The minimum absolute atomic E-state index is 0.838. The van der Waals surface area contributed by atoms with Gasteiger partial charge in [0, 0.05) is 27.3 Å². The highest BCUT2D eigenvalue weighted by Crippen LogP contribution is 2.51. The van der Waals surface area contributed by atoms with E-state index in [-0.39, 0.29) is 0 Å². The van der Waals surface area contributed by atoms with Gasteiger partial charge in [-0.25, -0.2) is 0 Å². The van der Waals surface area contributed by atoms with Gasteiger partial charge in [0.1, 0.15) is 22.3 Å². The van der Waals surface area contributed by atoms with Gasteiger partial charge in [-0.05, 0) is 63.7 Å². The molecule has 0 radical (unpaired) electrons. The normalized spacial score (nSPS) is 11.8. The molecule has 0 amide bonds. The molecule has 0 fully saturated rings. The van der Waals surface area contributed by atoms with Gasteiger partial charge in [0.05, 0.1) is 27.8 Å². The first-order valence-electron chi connectivity index (χ1n) is 18.0. The molecule has 0 N–H and O–H groups in total. The number of para-hydroxylation sites is 2. The van der Waals surface area contributed by atoms with Crippen molar-refractivity contribution in [2.75, 3.05) is 4.90 Å². The van der Waals surface area contributed by atoms with E-state index >= 15 is 0 Å². The van der Waals surface area contributed by atoms with E-state index in [9.17, 15) is 0 Å². The van der Waals surface area contributed by atoms with Crippen molar-refractivity contribution < 1.29 is 8.83 Å². The molecule has 11 rings (SSSR count). The predicted molar refractivity (Wildman–Crippen MR) is 222 cm³/mol. The molecule has 0 bridgehead atoms. The van der Waals surface area contributed by atoms with Crippen molar-refractivity contribution >= 4 is 82.5 Å². The molecule has 0 saturated heterocycles. The predicted octanol–water partition coefficient (Wildman–Crippen LogP) is 14.6. The van der Waals surface area contributed by atoms with Crippen LogP contribution in [0.1, 0.15) is 0 Å². The lowest BCUT2D eigenvalue weighted by Crippen LogP contribution is -2.11. The maximum Gasteiger partial charge on any atom is 0.145 e. The zero-order valence-corrected chi connectivity index (χ0v) is 28.7. The third-order valence-electron chi connectivity index (χ3n) is 10.6. The Bertz CT molecular complexity index is 3170. The summed E-state index contributed by atoms with van der Waals surface area (Å²) in [6.07, 6.45) is 0. The zero-order valence-electron chi connectivity index (χ0n) is 28.7. The van der Waals surface area contributed by atoms with Crippen LogP contribution in [0.4, 0.5) is 17.1 Å². The molecule has 2 aromatic heterocycles. The van der Waals surface area contributed by atoms with Gasteiger partial charge in [0.2, 0.25) is 0 Å². The van der Waals surface area contributed by atoms with E-state index in [4.69, 9.17) is 8.83 Å². The molecule has 3 nitrogen and oxygen atoms in total. The molecule has 0 atom stereocenters. The first kappa shape index (κ1) is 29.6. The molecular formula is C50H31NO2. The zero-order chi connectivity index (χ0) is 34.9. The Labute approximate surface area is 305 Å². The Morgan fingerprint density at radius 3 is 1.66 bits per heavy atom. The van der Waals surface area contributed by atoms with Crippen molar-refractivity contribution in [1.29, 1.82) is 0 Å². The minimum Gasteiger partial charge on any atom is -0.455 e. The Kier molecular flexibility index (Phi) is 6.55. The molecular weight excluding hydrogens is 647 g/mol. The van der Waals surface area contributed by atoms with Crippen LogP contribution in [0, 0.1) is 0 Å². The topological polar surface area (TPSA) is 29.5 Å². The molecule has 0 spiro atoms. The molecule has 3 heteroatoms. The maximum absolute atomic E-state index is 6.83. The van der Waals surface area contributed by atoms with E-state index in [1.165, 1.54) is 21.5 Å². The first-order valence-corrected chi connectivity index (χ1v) is 18.0. The molecule has 0 aliphatic heterocycles. The number of anilines is 3. The molecule has 0 saturated carbocycles. The quantitative estimate of drug-likeness (QED) is 0.170. The number of fused-ring (bicyclic) bond motifs is 9. The largest absolute Gasteiger partial charge is 0.455 e. The summed E-state index contributed by atoms with van der Waals surface area (Å²) in [5.41, 5.74) is 11.0. The van der Waals surface area contributed by atoms with E-state index in [1.54, 1.807) is 0 Å². The van der Waals surface area contributed by atoms with Gasteiger partial charge in [0.15, 0.2) is 0 Å². The van der Waals surface area contributed by atoms with Crippen molar-refractivity contribution in [3.63, 3.8) is 0 Å². The van der Waals surface area contributed by atoms with Crippen LogP contribution in [-0.2, 0) is 0 Å². The SMILES string of the molecule is c1ccc(-c2cccc3c2oc2cccc(N(c4cccc5ccc6ccccc6c45)c4ccc(-c5ccccc5)c5oc6ccccc6c45)c23)cc1. The van der Waals surface area contributed by atoms with E-state index < -0.39 is 0 Å². The summed E-state index contributed by atoms with van der Waals surface area (Å²) in [7, 11) is 0. The molecule has 11 aromatic rings. The molecule has 9 aromatic carbocycles. The summed E-state index contributed by atoms with van der Waals surface area (Å²) in [5.74, 6) is 0. The van der Waals surface area contributed by atoms with Crippen LogP contribution in [0.3, 0.4) is 0 Å². The molecule has 248 valence electrons. The first-order chi connectivity index (χ1) is 26.3. The molecule has 2 heterocycles. The van der Waals surface area contributed by atoms with Crippen molar-refractivity contribution in [2.45, 2.75) is 0 Å². The lowest BCUT2D eigenvalue weighted by molar-refractivity contribution is 0.670. The summed E-state index contributed by atoms with van der Waals surface area (Å²) in [5, 5.41) is 9.03. The second-order valence-electron chi connectivity index (χ2n) is 13.6. The molecule has 0 aliphatic rings. The van der Waals surface area contributed by atoms with Gasteiger partial charge in [-0.2, -0.15) is 0 Å². The summed E-state index contributed by atoms with van der Waals surface area (Å²) in [4.78, 5) is 2.44. The fourth-order valence-electron chi connectivity index (χ4n) is 8.32. The Morgan fingerprint density at radius 1 is 0.302 bits per heavy atom. The van der Waals surface area contributed by atoms with E-state index in [2.05, 4.69) is 187 Å². The second-order valence-corrected chi connectivity index (χ2v) is 13.6. The number of nitrogens with zero attached hydrogens (tertiary/aromatic N) is 1. The minimum atomic E-state index is 0.838. The van der Waals surface area contributed by atoms with E-state index in [0.29, 0.717) is 0 Å². The van der Waals surface area contributed by atoms with Gasteiger partial charge in [-0.1, -0.05) is 152 Å². The van der Waals surface area contributed by atoms with Crippen LogP contribution in [0.15, 0.2) is 197 Å². The Balaban J connectivity index is 1.30. The molecule has 0 unspecified atom stereocenters. The smallest absolute Gasteiger partial charge is 0.145 e. The maximum atomic E-state index is 6.83. The number of hydrogen-bond acceptors (Lipinski definition) is 3. The highest BCUT2D eigenvalue weighted by Gasteiger charge is 2.26. The Hall–Kier alpha value is -7.10. The molecule has 53 heavy (non-hydrogen) atoms. The van der Waals surface area contributed by atoms with Crippen LogP contribution in [0.2, 0.25) is 0 Å². The van der Waals surface area contributed by atoms with Crippen LogP contribution >= 0.6 is 0 Å². The number of furan rings is 2. The fraction of sp³-hybridized carbons (Fsp3) is 0. The highest BCUT2D eigenvalue weighted by atomic mass is 16.3. The average Bonchev–Trinajstić information content (AvgIpc) is 3.81. The van der Waals surface area contributed by atoms with Gasteiger partial charge in [0.25, 0.3) is 0 Å². The third-order valence-corrected chi connectivity index (χ3v) is 10.6. The monoisotopic (exact) mass is 677 g/mol. The van der Waals surface area contributed by atoms with Gasteiger partial charge in [-0.3, -0.25) is 0 Å². The number of hydrogen-bond donors (Lipinski definition) is 0. The Morgan fingerprint density at radius 2 is 0.849 bits per heavy atom. The van der Waals surface area contributed by atoms with Gasteiger partial charge >= 0.3 is 0 Å². The summed E-state index contributed by atoms with van der Waals surface area (Å²) in [6.45, 7) is 0. The summed E-state index contributed by atoms with van der Waals surface area (Å²) >= 11 is 0. The van der Waals surface area contributed by atoms with Crippen LogP contribution in [-0.4, -0.2) is 0 Å². The average molecular weight is 678 g/mol. The van der Waals surface area contributed by atoms with Crippen molar-refractivity contribution in [2.24, 2.45) is 0 Å². The standard InChI is InChI=1S/C50H31NO2/c1-3-14-32(15-4-1)37-22-12-23-40-47-42(25-13-27-45(47)53-49(37)40)51(41-24-11-19-35-29-28-34-18-7-8-20-36(34)46(35)41)43-31-30-38(33-16-5-2-6-17-33)50-48(43)39-21-9-10-26-44(39)52-50/h1-31H. The van der Waals surface area contributed by atoms with Crippen molar-refractivity contribution in [3.05, 3.63) is 188 Å². The number of rotatable bonds is 5. The summed E-state index contributed by atoms with van der Waals surface area (Å²) in [6, 6.07) is 66.6. The van der Waals surface area contributed by atoms with Crippen LogP contribution in [0.25, 0.3) is 87.7 Å². The van der Waals surface area contributed by atoms with E-state index in [0.717, 1.165) is 83.2 Å². The molecule has 0 aliphatic carbocycles. The summed E-state index contributed by atoms with van der Waals surface area (Å²) < 4.78 is 13.7. The number of benzene rings is 9. The highest BCUT2D eigenvalue weighted by molar-refractivity contribution is 6.23. The van der Waals surface area contributed by atoms with Crippen LogP contribution in [0.5, 0.6) is 0 Å². The second kappa shape index (κ2) is 11.7. The van der Waals surface area contributed by atoms with Crippen molar-refractivity contribution in [3.8, 4) is 22.3 Å².